The van der Waals surface area contributed by atoms with Gasteiger partial charge in [-0.1, -0.05) is 11.6 Å². The maximum Gasteiger partial charge on any atom is 0.253 e. The second-order valence-electron chi connectivity index (χ2n) is 5.83. The van der Waals surface area contributed by atoms with Crippen molar-refractivity contribution in [1.29, 1.82) is 0 Å². The Morgan fingerprint density at radius 1 is 1.38 bits per heavy atom. The van der Waals surface area contributed by atoms with Gasteiger partial charge in [0.25, 0.3) is 10.0 Å². The molecule has 1 N–H and O–H groups in total. The summed E-state index contributed by atoms with van der Waals surface area (Å²) in [7, 11) is -3.76. The molecule has 3 rings (SSSR count). The Hall–Kier alpha value is -1.16. The zero-order valence-corrected chi connectivity index (χ0v) is 15.5. The van der Waals surface area contributed by atoms with Crippen molar-refractivity contribution in [3.05, 3.63) is 16.5 Å². The van der Waals surface area contributed by atoms with Crippen molar-refractivity contribution in [2.24, 2.45) is 0 Å². The van der Waals surface area contributed by atoms with E-state index in [1.54, 1.807) is 6.92 Å². The predicted molar refractivity (Wildman–Crippen MR) is 90.4 cm³/mol. The molecule has 0 spiro atoms. The monoisotopic (exact) mass is 391 g/mol. The van der Waals surface area contributed by atoms with E-state index in [1.165, 1.54) is 21.3 Å². The van der Waals surface area contributed by atoms with Crippen molar-refractivity contribution in [3.63, 3.8) is 0 Å². The van der Waals surface area contributed by atoms with E-state index in [4.69, 9.17) is 11.6 Å². The summed E-state index contributed by atoms with van der Waals surface area (Å²) in [5, 5.41) is 2.70. The van der Waals surface area contributed by atoms with Crippen LogP contribution in [0.5, 0.6) is 0 Å². The highest BCUT2D eigenvalue weighted by Gasteiger charge is 2.43. The lowest BCUT2D eigenvalue weighted by atomic mass is 10.1. The molecule has 2 saturated heterocycles. The maximum atomic E-state index is 12.9. The molecule has 0 bridgehead atoms. The SMILES string of the molecule is CC1C(=O)NCCN1C(=O)C1CCCN1S(=O)(=O)c1ccc(Cl)s1. The third-order valence-electron chi connectivity index (χ3n) is 4.38. The van der Waals surface area contributed by atoms with E-state index in [9.17, 15) is 18.0 Å². The van der Waals surface area contributed by atoms with Crippen LogP contribution in [0.4, 0.5) is 0 Å². The Kier molecular flexibility index (Phi) is 4.87. The van der Waals surface area contributed by atoms with E-state index in [1.807, 2.05) is 0 Å². The molecule has 10 heteroatoms. The molecule has 2 fully saturated rings. The Bertz CT molecular complexity index is 764. The molecule has 132 valence electrons. The lowest BCUT2D eigenvalue weighted by Gasteiger charge is -2.36. The molecular formula is C14H18ClN3O4S2. The summed E-state index contributed by atoms with van der Waals surface area (Å²) in [6.07, 6.45) is 1.07. The Morgan fingerprint density at radius 2 is 2.12 bits per heavy atom. The second kappa shape index (κ2) is 6.62. The molecule has 0 aromatic carbocycles. The molecule has 2 aliphatic heterocycles. The standard InChI is InChI=1S/C14H18ClN3O4S2/c1-9-13(19)16-6-8-17(9)14(20)10-3-2-7-18(10)24(21,22)12-5-4-11(15)23-12/h4-5,9-10H,2-3,6-8H2,1H3,(H,16,19). The van der Waals surface area contributed by atoms with E-state index in [2.05, 4.69) is 5.32 Å². The van der Waals surface area contributed by atoms with Gasteiger partial charge in [-0.3, -0.25) is 9.59 Å². The minimum Gasteiger partial charge on any atom is -0.353 e. The van der Waals surface area contributed by atoms with Crippen LogP contribution in [0.1, 0.15) is 19.8 Å². The number of carbonyl (C=O) groups is 2. The number of hydrogen-bond acceptors (Lipinski definition) is 5. The molecule has 24 heavy (non-hydrogen) atoms. The van der Waals surface area contributed by atoms with Crippen LogP contribution in [-0.4, -0.2) is 61.2 Å². The highest BCUT2D eigenvalue weighted by Crippen LogP contribution is 2.33. The molecule has 1 aromatic heterocycles. The number of amides is 2. The van der Waals surface area contributed by atoms with E-state index < -0.39 is 22.1 Å². The van der Waals surface area contributed by atoms with Crippen LogP contribution in [0, 0.1) is 0 Å². The van der Waals surface area contributed by atoms with Crippen molar-refractivity contribution in [2.75, 3.05) is 19.6 Å². The first kappa shape index (κ1) is 17.7. The summed E-state index contributed by atoms with van der Waals surface area (Å²) < 4.78 is 27.4. The Morgan fingerprint density at radius 3 is 2.79 bits per heavy atom. The Balaban J connectivity index is 1.85. The molecule has 3 heterocycles. The van der Waals surface area contributed by atoms with Crippen LogP contribution in [0.3, 0.4) is 0 Å². The largest absolute Gasteiger partial charge is 0.353 e. The van der Waals surface area contributed by atoms with Crippen LogP contribution in [-0.2, 0) is 19.6 Å². The van der Waals surface area contributed by atoms with Gasteiger partial charge in [0.1, 0.15) is 16.3 Å². The molecule has 0 aliphatic carbocycles. The fraction of sp³-hybridized carbons (Fsp3) is 0.571. The van der Waals surface area contributed by atoms with Gasteiger partial charge in [0.05, 0.1) is 4.34 Å². The molecule has 2 aliphatic rings. The van der Waals surface area contributed by atoms with Gasteiger partial charge in [-0.05, 0) is 31.9 Å². The van der Waals surface area contributed by atoms with Crippen molar-refractivity contribution >= 4 is 44.8 Å². The van der Waals surface area contributed by atoms with E-state index >= 15 is 0 Å². The summed E-state index contributed by atoms with van der Waals surface area (Å²) in [5.41, 5.74) is 0. The van der Waals surface area contributed by atoms with E-state index in [-0.39, 0.29) is 16.0 Å². The van der Waals surface area contributed by atoms with Gasteiger partial charge in [-0.15, -0.1) is 11.3 Å². The molecule has 2 unspecified atom stereocenters. The van der Waals surface area contributed by atoms with Gasteiger partial charge in [0.2, 0.25) is 11.8 Å². The van der Waals surface area contributed by atoms with Crippen molar-refractivity contribution in [2.45, 2.75) is 36.1 Å². The van der Waals surface area contributed by atoms with Crippen molar-refractivity contribution in [3.8, 4) is 0 Å². The minimum absolute atomic E-state index is 0.136. The van der Waals surface area contributed by atoms with Gasteiger partial charge in [-0.25, -0.2) is 8.42 Å². The van der Waals surface area contributed by atoms with Gasteiger partial charge in [0.15, 0.2) is 0 Å². The van der Waals surface area contributed by atoms with Gasteiger partial charge < -0.3 is 10.2 Å². The van der Waals surface area contributed by atoms with Gasteiger partial charge in [0, 0.05) is 19.6 Å². The number of piperazine rings is 1. The van der Waals surface area contributed by atoms with Crippen LogP contribution < -0.4 is 5.32 Å². The number of carbonyl (C=O) groups excluding carboxylic acids is 2. The minimum atomic E-state index is -3.76. The predicted octanol–water partition coefficient (Wildman–Crippen LogP) is 0.901. The van der Waals surface area contributed by atoms with Crippen molar-refractivity contribution < 1.29 is 18.0 Å². The van der Waals surface area contributed by atoms with Gasteiger partial charge in [-0.2, -0.15) is 4.31 Å². The highest BCUT2D eigenvalue weighted by molar-refractivity contribution is 7.91. The molecule has 0 saturated carbocycles. The van der Waals surface area contributed by atoms with Crippen molar-refractivity contribution in [1.82, 2.24) is 14.5 Å². The first-order valence-corrected chi connectivity index (χ1v) is 10.3. The summed E-state index contributed by atoms with van der Waals surface area (Å²) in [6.45, 7) is 2.72. The van der Waals surface area contributed by atoms with Crippen LogP contribution >= 0.6 is 22.9 Å². The van der Waals surface area contributed by atoms with Crippen LogP contribution in [0.2, 0.25) is 4.34 Å². The first-order valence-electron chi connectivity index (χ1n) is 7.68. The number of halogens is 1. The smallest absolute Gasteiger partial charge is 0.253 e. The topological polar surface area (TPSA) is 86.8 Å². The van der Waals surface area contributed by atoms with Crippen LogP contribution in [0.25, 0.3) is 0 Å². The molecule has 1 aromatic rings. The number of hydrogen-bond donors (Lipinski definition) is 1. The van der Waals surface area contributed by atoms with Crippen LogP contribution in [0.15, 0.2) is 16.3 Å². The maximum absolute atomic E-state index is 12.9. The Labute approximate surface area is 149 Å². The fourth-order valence-electron chi connectivity index (χ4n) is 3.10. The molecule has 2 atom stereocenters. The summed E-state index contributed by atoms with van der Waals surface area (Å²) >= 11 is 6.82. The average Bonchev–Trinajstić information content (AvgIpc) is 3.18. The summed E-state index contributed by atoms with van der Waals surface area (Å²) in [4.78, 5) is 26.1. The number of thiophene rings is 1. The zero-order chi connectivity index (χ0) is 17.5. The second-order valence-corrected chi connectivity index (χ2v) is 9.66. The molecule has 7 nitrogen and oxygen atoms in total. The third kappa shape index (κ3) is 3.05. The lowest BCUT2D eigenvalue weighted by molar-refractivity contribution is -0.144. The summed E-state index contributed by atoms with van der Waals surface area (Å²) in [5.74, 6) is -0.520. The molecular weight excluding hydrogens is 374 g/mol. The zero-order valence-electron chi connectivity index (χ0n) is 13.1. The first-order chi connectivity index (χ1) is 11.3. The average molecular weight is 392 g/mol. The van der Waals surface area contributed by atoms with E-state index in [0.717, 1.165) is 11.3 Å². The van der Waals surface area contributed by atoms with Gasteiger partial charge >= 0.3 is 0 Å². The number of nitrogens with zero attached hydrogens (tertiary/aromatic N) is 2. The normalized spacial score (nSPS) is 25.8. The molecule has 0 radical (unpaired) electrons. The quantitative estimate of drug-likeness (QED) is 0.829. The summed E-state index contributed by atoms with van der Waals surface area (Å²) in [6, 6.07) is 1.64. The lowest BCUT2D eigenvalue weighted by Crippen LogP contribution is -2.59. The van der Waals surface area contributed by atoms with E-state index in [0.29, 0.717) is 36.8 Å². The third-order valence-corrected chi connectivity index (χ3v) is 7.99. The highest BCUT2D eigenvalue weighted by atomic mass is 35.5. The molecule has 2 amide bonds. The number of rotatable bonds is 3. The fourth-order valence-corrected chi connectivity index (χ4v) is 6.36. The number of sulfonamides is 1. The number of nitrogens with one attached hydrogen (secondary N) is 1.